The Labute approximate surface area is 160 Å². The van der Waals surface area contributed by atoms with Crippen LogP contribution in [0.1, 0.15) is 48.0 Å². The second-order valence-electron chi connectivity index (χ2n) is 6.81. The quantitative estimate of drug-likeness (QED) is 0.777. The third-order valence-electron chi connectivity index (χ3n) is 4.88. The molecule has 1 saturated carbocycles. The Morgan fingerprint density at radius 1 is 1.07 bits per heavy atom. The minimum atomic E-state index is -0.149. The summed E-state index contributed by atoms with van der Waals surface area (Å²) >= 11 is 0. The first-order chi connectivity index (χ1) is 13.2. The third kappa shape index (κ3) is 5.12. The molecule has 6 nitrogen and oxygen atoms in total. The standard InChI is InChI=1S/C21H27N3O3/c1-26-19-9-8-15(10-20(19)27-2)12-23-21(25)16-11-18(14-22-13-16)24-17-6-4-3-5-7-17/h8-11,13-14,17,24H,3-7,12H2,1-2H3,(H,23,25). The van der Waals surface area contributed by atoms with Gasteiger partial charge in [-0.15, -0.1) is 0 Å². The van der Waals surface area contributed by atoms with Gasteiger partial charge in [-0.25, -0.2) is 0 Å². The van der Waals surface area contributed by atoms with Crippen molar-refractivity contribution in [2.75, 3.05) is 19.5 Å². The van der Waals surface area contributed by atoms with Crippen LogP contribution in [0.5, 0.6) is 11.5 Å². The number of pyridine rings is 1. The summed E-state index contributed by atoms with van der Waals surface area (Å²) in [6, 6.07) is 7.94. The Kier molecular flexibility index (Phi) is 6.52. The fourth-order valence-corrected chi connectivity index (χ4v) is 3.40. The van der Waals surface area contributed by atoms with Gasteiger partial charge in [0.2, 0.25) is 0 Å². The van der Waals surface area contributed by atoms with Crippen LogP contribution in [-0.4, -0.2) is 31.2 Å². The van der Waals surface area contributed by atoms with Gasteiger partial charge in [-0.1, -0.05) is 25.3 Å². The zero-order chi connectivity index (χ0) is 19.1. The largest absolute Gasteiger partial charge is 0.493 e. The maximum absolute atomic E-state index is 12.5. The number of methoxy groups -OCH3 is 2. The molecule has 1 fully saturated rings. The Hall–Kier alpha value is -2.76. The maximum Gasteiger partial charge on any atom is 0.253 e. The van der Waals surface area contributed by atoms with Gasteiger partial charge >= 0.3 is 0 Å². The van der Waals surface area contributed by atoms with Crippen molar-refractivity contribution in [3.8, 4) is 11.5 Å². The smallest absolute Gasteiger partial charge is 0.253 e. The summed E-state index contributed by atoms with van der Waals surface area (Å²) in [5, 5.41) is 6.44. The molecular formula is C21H27N3O3. The molecule has 144 valence electrons. The Morgan fingerprint density at radius 3 is 2.59 bits per heavy atom. The molecular weight excluding hydrogens is 342 g/mol. The SMILES string of the molecule is COc1ccc(CNC(=O)c2cncc(NC3CCCCC3)c2)cc1OC. The third-order valence-corrected chi connectivity index (χ3v) is 4.88. The van der Waals surface area contributed by atoms with Crippen LogP contribution < -0.4 is 20.1 Å². The average Bonchev–Trinajstić information content (AvgIpc) is 2.72. The van der Waals surface area contributed by atoms with E-state index >= 15 is 0 Å². The van der Waals surface area contributed by atoms with E-state index in [0.717, 1.165) is 11.3 Å². The van der Waals surface area contributed by atoms with Gasteiger partial charge in [-0.2, -0.15) is 0 Å². The Bertz CT molecular complexity index is 773. The number of nitrogens with one attached hydrogen (secondary N) is 2. The Balaban J connectivity index is 1.60. The highest BCUT2D eigenvalue weighted by molar-refractivity contribution is 5.94. The maximum atomic E-state index is 12.5. The highest BCUT2D eigenvalue weighted by Gasteiger charge is 2.14. The monoisotopic (exact) mass is 369 g/mol. The molecule has 1 heterocycles. The molecule has 1 aromatic heterocycles. The van der Waals surface area contributed by atoms with E-state index in [0.29, 0.717) is 29.6 Å². The van der Waals surface area contributed by atoms with Crippen molar-refractivity contribution < 1.29 is 14.3 Å². The number of ether oxygens (including phenoxy) is 2. The van der Waals surface area contributed by atoms with E-state index < -0.39 is 0 Å². The molecule has 3 rings (SSSR count). The summed E-state index contributed by atoms with van der Waals surface area (Å²) in [5.41, 5.74) is 2.39. The van der Waals surface area contributed by atoms with Crippen molar-refractivity contribution in [1.82, 2.24) is 10.3 Å². The van der Waals surface area contributed by atoms with Crippen LogP contribution in [-0.2, 0) is 6.54 Å². The van der Waals surface area contributed by atoms with Crippen LogP contribution in [0, 0.1) is 0 Å². The number of carbonyl (C=O) groups excluding carboxylic acids is 1. The molecule has 2 N–H and O–H groups in total. The van der Waals surface area contributed by atoms with Crippen LogP contribution in [0.2, 0.25) is 0 Å². The molecule has 27 heavy (non-hydrogen) atoms. The van der Waals surface area contributed by atoms with Gasteiger partial charge in [-0.3, -0.25) is 9.78 Å². The van der Waals surface area contributed by atoms with Crippen molar-refractivity contribution in [1.29, 1.82) is 0 Å². The summed E-state index contributed by atoms with van der Waals surface area (Å²) < 4.78 is 10.5. The fourth-order valence-electron chi connectivity index (χ4n) is 3.40. The van der Waals surface area contributed by atoms with Crippen molar-refractivity contribution in [3.05, 3.63) is 47.8 Å². The van der Waals surface area contributed by atoms with Gasteiger partial charge in [0.1, 0.15) is 0 Å². The molecule has 0 spiro atoms. The number of benzene rings is 1. The first-order valence-electron chi connectivity index (χ1n) is 9.40. The number of carbonyl (C=O) groups is 1. The summed E-state index contributed by atoms with van der Waals surface area (Å²) in [6.07, 6.45) is 9.56. The first kappa shape index (κ1) is 19.0. The Morgan fingerprint density at radius 2 is 1.85 bits per heavy atom. The second-order valence-corrected chi connectivity index (χ2v) is 6.81. The van der Waals surface area contributed by atoms with Crippen LogP contribution in [0.4, 0.5) is 5.69 Å². The first-order valence-corrected chi connectivity index (χ1v) is 9.40. The van der Waals surface area contributed by atoms with Crippen LogP contribution >= 0.6 is 0 Å². The molecule has 0 saturated heterocycles. The van der Waals surface area contributed by atoms with Gasteiger partial charge in [0, 0.05) is 25.0 Å². The zero-order valence-electron chi connectivity index (χ0n) is 16.0. The van der Waals surface area contributed by atoms with E-state index in [1.54, 1.807) is 26.6 Å². The number of aromatic nitrogens is 1. The molecule has 0 unspecified atom stereocenters. The molecule has 0 bridgehead atoms. The lowest BCUT2D eigenvalue weighted by molar-refractivity contribution is 0.0950. The molecule has 1 aliphatic rings. The van der Waals surface area contributed by atoms with Crippen LogP contribution in [0.15, 0.2) is 36.7 Å². The molecule has 1 aliphatic carbocycles. The molecule has 0 aliphatic heterocycles. The van der Waals surface area contributed by atoms with Gasteiger partial charge in [0.05, 0.1) is 25.5 Å². The van der Waals surface area contributed by atoms with Gasteiger partial charge < -0.3 is 20.1 Å². The second kappa shape index (κ2) is 9.26. The lowest BCUT2D eigenvalue weighted by Gasteiger charge is -2.23. The number of hydrogen-bond donors (Lipinski definition) is 2. The van der Waals surface area contributed by atoms with Gasteiger partial charge in [0.25, 0.3) is 5.91 Å². The summed E-state index contributed by atoms with van der Waals surface area (Å²) in [6.45, 7) is 0.402. The van der Waals surface area contributed by atoms with E-state index in [-0.39, 0.29) is 5.91 Å². The zero-order valence-corrected chi connectivity index (χ0v) is 16.0. The predicted octanol–water partition coefficient (Wildman–Crippen LogP) is 3.77. The van der Waals surface area contributed by atoms with E-state index in [9.17, 15) is 4.79 Å². The normalized spacial score (nSPS) is 14.4. The molecule has 2 aromatic rings. The summed E-state index contributed by atoms with van der Waals surface area (Å²) in [5.74, 6) is 1.16. The van der Waals surface area contributed by atoms with Crippen molar-refractivity contribution >= 4 is 11.6 Å². The lowest BCUT2D eigenvalue weighted by Crippen LogP contribution is -2.24. The minimum absolute atomic E-state index is 0.149. The number of amides is 1. The highest BCUT2D eigenvalue weighted by Crippen LogP contribution is 2.27. The molecule has 0 atom stereocenters. The highest BCUT2D eigenvalue weighted by atomic mass is 16.5. The van der Waals surface area contributed by atoms with Crippen molar-refractivity contribution in [2.45, 2.75) is 44.7 Å². The molecule has 0 radical (unpaired) electrons. The molecule has 1 amide bonds. The van der Waals surface area contributed by atoms with Crippen LogP contribution in [0.25, 0.3) is 0 Å². The predicted molar refractivity (Wildman–Crippen MR) is 105 cm³/mol. The number of hydrogen-bond acceptors (Lipinski definition) is 5. The van der Waals surface area contributed by atoms with E-state index in [1.165, 1.54) is 32.1 Å². The summed E-state index contributed by atoms with van der Waals surface area (Å²) in [4.78, 5) is 16.7. The molecule has 1 aromatic carbocycles. The van der Waals surface area contributed by atoms with Gasteiger partial charge in [0.15, 0.2) is 11.5 Å². The minimum Gasteiger partial charge on any atom is -0.493 e. The topological polar surface area (TPSA) is 72.5 Å². The number of nitrogens with zero attached hydrogens (tertiary/aromatic N) is 1. The van der Waals surface area contributed by atoms with Crippen molar-refractivity contribution in [3.63, 3.8) is 0 Å². The van der Waals surface area contributed by atoms with E-state index in [4.69, 9.17) is 9.47 Å². The van der Waals surface area contributed by atoms with Gasteiger partial charge in [-0.05, 0) is 36.6 Å². The van der Waals surface area contributed by atoms with Crippen molar-refractivity contribution in [2.24, 2.45) is 0 Å². The number of anilines is 1. The van der Waals surface area contributed by atoms with Crippen LogP contribution in [0.3, 0.4) is 0 Å². The summed E-state index contributed by atoms with van der Waals surface area (Å²) in [7, 11) is 3.19. The molecule has 6 heteroatoms. The number of rotatable bonds is 7. The fraction of sp³-hybridized carbons (Fsp3) is 0.429. The average molecular weight is 369 g/mol. The lowest BCUT2D eigenvalue weighted by atomic mass is 9.95. The van der Waals surface area contributed by atoms with E-state index in [2.05, 4.69) is 15.6 Å². The van der Waals surface area contributed by atoms with E-state index in [1.807, 2.05) is 24.3 Å².